The van der Waals surface area contributed by atoms with Crippen LogP contribution in [0.25, 0.3) is 87.6 Å². The zero-order valence-electron chi connectivity index (χ0n) is 39.1. The molecule has 0 N–H and O–H groups in total. The van der Waals surface area contributed by atoms with Crippen molar-refractivity contribution in [3.63, 3.8) is 0 Å². The number of hydrogen-bond acceptors (Lipinski definition) is 6. The summed E-state index contributed by atoms with van der Waals surface area (Å²) in [7, 11) is 0. The first kappa shape index (κ1) is 42.3. The summed E-state index contributed by atoms with van der Waals surface area (Å²) >= 11 is 0. The minimum Gasteiger partial charge on any atom is -0.279 e. The topological polar surface area (TPSA) is 58.0 Å². The van der Waals surface area contributed by atoms with Gasteiger partial charge in [-0.2, -0.15) is 0 Å². The highest BCUT2D eigenvalue weighted by Crippen LogP contribution is 2.47. The number of pyridine rings is 4. The zero-order chi connectivity index (χ0) is 47.8. The fourth-order valence-corrected chi connectivity index (χ4v) is 10.2. The second-order valence-electron chi connectivity index (χ2n) is 17.9. The van der Waals surface area contributed by atoms with Crippen molar-refractivity contribution in [1.29, 1.82) is 0 Å². The second-order valence-corrected chi connectivity index (χ2v) is 17.9. The first-order chi connectivity index (χ1) is 35.7. The van der Waals surface area contributed by atoms with Crippen LogP contribution in [0.1, 0.15) is 0 Å². The molecule has 9 aromatic carbocycles. The van der Waals surface area contributed by atoms with Crippen LogP contribution >= 0.6 is 0 Å². The minimum atomic E-state index is 0.802. The van der Waals surface area contributed by atoms with E-state index in [0.29, 0.717) is 0 Å². The van der Waals surface area contributed by atoms with Gasteiger partial charge in [0.1, 0.15) is 23.3 Å². The molecule has 0 aliphatic rings. The lowest BCUT2D eigenvalue weighted by Crippen LogP contribution is -2.12. The van der Waals surface area contributed by atoms with Crippen LogP contribution in [0.2, 0.25) is 0 Å². The third-order valence-electron chi connectivity index (χ3n) is 13.6. The van der Waals surface area contributed by atoms with E-state index in [2.05, 4.69) is 180 Å². The van der Waals surface area contributed by atoms with Gasteiger partial charge in [-0.05, 0) is 185 Å². The standard InChI is InChI=1S/C66H44N6/c1-3-15-49-41-53(23-21-45(49)13-1)65-57-35-29-52(48-27-33-56(34-28-48)72(63-19-7-11-39-69-63)64-20-8-12-40-70-64)44-60(57)66(54-24-22-46-14-2-4-16-50(46)42-54)58-36-30-51(43-59(58)65)47-25-31-55(32-26-47)71(61-17-5-9-37-67-61)62-18-6-10-38-68-62/h1-44H. The van der Waals surface area contributed by atoms with E-state index in [4.69, 9.17) is 19.9 Å². The summed E-state index contributed by atoms with van der Waals surface area (Å²) in [5, 5.41) is 9.58. The van der Waals surface area contributed by atoms with Gasteiger partial charge in [0.25, 0.3) is 0 Å². The summed E-state index contributed by atoms with van der Waals surface area (Å²) < 4.78 is 0. The van der Waals surface area contributed by atoms with Gasteiger partial charge in [0.05, 0.1) is 0 Å². The molecule has 4 aromatic heterocycles. The molecule has 4 heterocycles. The number of fused-ring (bicyclic) bond motifs is 4. The summed E-state index contributed by atoms with van der Waals surface area (Å²) in [6.45, 7) is 0. The molecule has 0 unspecified atom stereocenters. The van der Waals surface area contributed by atoms with Crippen LogP contribution in [0.3, 0.4) is 0 Å². The molecular weight excluding hydrogens is 877 g/mol. The Morgan fingerprint density at radius 2 is 0.542 bits per heavy atom. The fourth-order valence-electron chi connectivity index (χ4n) is 10.2. The van der Waals surface area contributed by atoms with Crippen molar-refractivity contribution in [2.75, 3.05) is 9.80 Å². The number of rotatable bonds is 10. The van der Waals surface area contributed by atoms with Crippen molar-refractivity contribution in [2.24, 2.45) is 0 Å². The molecule has 72 heavy (non-hydrogen) atoms. The van der Waals surface area contributed by atoms with Crippen molar-refractivity contribution in [3.8, 4) is 44.5 Å². The highest BCUT2D eigenvalue weighted by atomic mass is 15.2. The van der Waals surface area contributed by atoms with E-state index in [1.54, 1.807) is 0 Å². The van der Waals surface area contributed by atoms with Crippen LogP contribution < -0.4 is 9.80 Å². The first-order valence-electron chi connectivity index (χ1n) is 24.2. The predicted octanol–water partition coefficient (Wildman–Crippen LogP) is 17.5. The molecule has 0 aliphatic carbocycles. The molecule has 13 aromatic rings. The van der Waals surface area contributed by atoms with E-state index >= 15 is 0 Å². The molecule has 13 rings (SSSR count). The average molecular weight is 921 g/mol. The normalized spacial score (nSPS) is 11.3. The number of hydrogen-bond donors (Lipinski definition) is 0. The molecule has 6 heteroatoms. The summed E-state index contributed by atoms with van der Waals surface area (Å²) in [4.78, 5) is 23.0. The quantitative estimate of drug-likeness (QED) is 0.127. The monoisotopic (exact) mass is 920 g/mol. The first-order valence-corrected chi connectivity index (χ1v) is 24.2. The Hall–Kier alpha value is -9.78. The molecule has 0 aliphatic heterocycles. The smallest absolute Gasteiger partial charge is 0.138 e. The maximum Gasteiger partial charge on any atom is 0.138 e. The number of anilines is 6. The van der Waals surface area contributed by atoms with Gasteiger partial charge in [-0.15, -0.1) is 0 Å². The summed E-state index contributed by atoms with van der Waals surface area (Å²) in [5.74, 6) is 3.21. The van der Waals surface area contributed by atoms with Crippen molar-refractivity contribution in [1.82, 2.24) is 19.9 Å². The van der Waals surface area contributed by atoms with E-state index in [9.17, 15) is 0 Å². The second kappa shape index (κ2) is 18.3. The van der Waals surface area contributed by atoms with Gasteiger partial charge in [0, 0.05) is 36.2 Å². The van der Waals surface area contributed by atoms with Gasteiger partial charge in [-0.25, -0.2) is 19.9 Å². The summed E-state index contributed by atoms with van der Waals surface area (Å²) in [6.07, 6.45) is 7.27. The molecule has 0 radical (unpaired) electrons. The van der Waals surface area contributed by atoms with E-state index < -0.39 is 0 Å². The average Bonchev–Trinajstić information content (AvgIpc) is 3.45. The van der Waals surface area contributed by atoms with E-state index in [1.807, 2.05) is 97.6 Å². The summed E-state index contributed by atoms with van der Waals surface area (Å²) in [6, 6.07) is 86.4. The highest BCUT2D eigenvalue weighted by molar-refractivity contribution is 6.23. The SMILES string of the molecule is c1ccc(N(c2ccc(-c3ccc4c(-c5ccc6ccccc6c5)c5cc(-c6ccc(N(c7ccccn7)c7ccccn7)cc6)ccc5c(-c5ccc6ccccc6c5)c4c3)cc2)c2ccccn2)nc1. The lowest BCUT2D eigenvalue weighted by Gasteiger charge is -2.23. The van der Waals surface area contributed by atoms with Crippen LogP contribution in [-0.2, 0) is 0 Å². The molecule has 338 valence electrons. The Kier molecular flexibility index (Phi) is 10.7. The van der Waals surface area contributed by atoms with Crippen LogP contribution in [0.5, 0.6) is 0 Å². The molecule has 0 saturated carbocycles. The van der Waals surface area contributed by atoms with Crippen molar-refractivity contribution in [3.05, 3.63) is 267 Å². The van der Waals surface area contributed by atoms with E-state index in [1.165, 1.54) is 65.3 Å². The molecule has 0 atom stereocenters. The third-order valence-corrected chi connectivity index (χ3v) is 13.6. The van der Waals surface area contributed by atoms with Gasteiger partial charge < -0.3 is 0 Å². The van der Waals surface area contributed by atoms with Crippen LogP contribution in [0.15, 0.2) is 267 Å². The Labute approximate surface area is 417 Å². The van der Waals surface area contributed by atoms with Gasteiger partial charge in [-0.3, -0.25) is 9.80 Å². The zero-order valence-corrected chi connectivity index (χ0v) is 39.1. The Morgan fingerprint density at radius 1 is 0.222 bits per heavy atom. The van der Waals surface area contributed by atoms with Crippen LogP contribution in [0.4, 0.5) is 34.6 Å². The Balaban J connectivity index is 1.01. The maximum atomic E-state index is 4.71. The van der Waals surface area contributed by atoms with Crippen LogP contribution in [0, 0.1) is 0 Å². The van der Waals surface area contributed by atoms with Gasteiger partial charge in [0.15, 0.2) is 0 Å². The third kappa shape index (κ3) is 7.83. The molecule has 0 saturated heterocycles. The number of nitrogens with zero attached hydrogens (tertiary/aromatic N) is 6. The largest absolute Gasteiger partial charge is 0.279 e. The van der Waals surface area contributed by atoms with Crippen molar-refractivity contribution < 1.29 is 0 Å². The Morgan fingerprint density at radius 3 is 0.889 bits per heavy atom. The van der Waals surface area contributed by atoms with Gasteiger partial charge in [0.2, 0.25) is 0 Å². The van der Waals surface area contributed by atoms with Crippen LogP contribution in [-0.4, -0.2) is 19.9 Å². The number of benzene rings is 9. The van der Waals surface area contributed by atoms with Crippen molar-refractivity contribution >= 4 is 77.7 Å². The van der Waals surface area contributed by atoms with Crippen molar-refractivity contribution in [2.45, 2.75) is 0 Å². The van der Waals surface area contributed by atoms with Gasteiger partial charge in [-0.1, -0.05) is 146 Å². The highest BCUT2D eigenvalue weighted by Gasteiger charge is 2.21. The molecule has 6 nitrogen and oxygen atoms in total. The molecule has 0 bridgehead atoms. The van der Waals surface area contributed by atoms with E-state index in [0.717, 1.165) is 56.9 Å². The lowest BCUT2D eigenvalue weighted by molar-refractivity contribution is 1.12. The predicted molar refractivity (Wildman–Crippen MR) is 299 cm³/mol. The lowest BCUT2D eigenvalue weighted by atomic mass is 9.83. The Bertz CT molecular complexity index is 3730. The fraction of sp³-hybridized carbons (Fsp3) is 0. The molecular formula is C66H44N6. The molecule has 0 fully saturated rings. The molecule has 0 amide bonds. The maximum absolute atomic E-state index is 4.71. The summed E-state index contributed by atoms with van der Waals surface area (Å²) in [5.41, 5.74) is 11.2. The number of aromatic nitrogens is 4. The van der Waals surface area contributed by atoms with E-state index in [-0.39, 0.29) is 0 Å². The van der Waals surface area contributed by atoms with Gasteiger partial charge >= 0.3 is 0 Å². The minimum absolute atomic E-state index is 0.802. The molecule has 0 spiro atoms.